The fourth-order valence-electron chi connectivity index (χ4n) is 3.25. The van der Waals surface area contributed by atoms with Gasteiger partial charge in [-0.3, -0.25) is 4.98 Å². The van der Waals surface area contributed by atoms with Gasteiger partial charge in [0, 0.05) is 12.7 Å². The smallest absolute Gasteiger partial charge is 0.354 e. The summed E-state index contributed by atoms with van der Waals surface area (Å²) in [7, 11) is 0. The number of benzene rings is 1. The number of fused-ring (bicyclic) bond motifs is 1. The van der Waals surface area contributed by atoms with Crippen LogP contribution in [0.4, 0.5) is 24.9 Å². The summed E-state index contributed by atoms with van der Waals surface area (Å²) >= 11 is 0. The van der Waals surface area contributed by atoms with E-state index in [0.29, 0.717) is 17.6 Å². The lowest BCUT2D eigenvalue weighted by Gasteiger charge is -2.22. The third-order valence-corrected chi connectivity index (χ3v) is 5.18. The summed E-state index contributed by atoms with van der Waals surface area (Å²) in [4.78, 5) is 16.8. The van der Waals surface area contributed by atoms with Crippen LogP contribution >= 0.6 is 0 Å². The summed E-state index contributed by atoms with van der Waals surface area (Å²) in [5.41, 5.74) is 0.632. The Hall–Kier alpha value is -3.76. The van der Waals surface area contributed by atoms with Crippen molar-refractivity contribution in [3.05, 3.63) is 60.8 Å². The maximum atomic E-state index is 13.4. The Kier molecular flexibility index (Phi) is 4.45. The van der Waals surface area contributed by atoms with Crippen molar-refractivity contribution < 1.29 is 13.2 Å². The molecule has 8 nitrogen and oxygen atoms in total. The first-order chi connectivity index (χ1) is 14.9. The predicted molar refractivity (Wildman–Crippen MR) is 108 cm³/mol. The Bertz CT molecular complexity index is 1200. The molecule has 11 heteroatoms. The molecule has 0 unspecified atom stereocenters. The fourth-order valence-corrected chi connectivity index (χ4v) is 3.25. The van der Waals surface area contributed by atoms with Gasteiger partial charge in [-0.15, -0.1) is 0 Å². The maximum absolute atomic E-state index is 13.4. The number of hydrogen-bond acceptors (Lipinski definition) is 7. The van der Waals surface area contributed by atoms with E-state index in [1.165, 1.54) is 12.5 Å². The van der Waals surface area contributed by atoms with Crippen molar-refractivity contribution in [3.8, 4) is 5.69 Å². The number of hydrogen-bond donors (Lipinski definition) is 2. The number of anilines is 2. The second-order valence-corrected chi connectivity index (χ2v) is 7.33. The molecular weight excluding hydrogens is 409 g/mol. The Morgan fingerprint density at radius 2 is 1.87 bits per heavy atom. The lowest BCUT2D eigenvalue weighted by molar-refractivity contribution is -0.151. The Morgan fingerprint density at radius 3 is 2.55 bits per heavy atom. The molecule has 1 fully saturated rings. The highest BCUT2D eigenvalue weighted by atomic mass is 19.4. The van der Waals surface area contributed by atoms with E-state index < -0.39 is 11.7 Å². The highest BCUT2D eigenvalue weighted by Gasteiger charge is 2.64. The molecule has 0 spiro atoms. The number of alkyl halides is 3. The molecular formula is C20H17F3N8. The van der Waals surface area contributed by atoms with Crippen molar-refractivity contribution >= 4 is 22.8 Å². The van der Waals surface area contributed by atoms with Gasteiger partial charge in [0.25, 0.3) is 0 Å². The van der Waals surface area contributed by atoms with Crippen molar-refractivity contribution in [2.75, 3.05) is 10.6 Å². The molecule has 1 saturated carbocycles. The minimum absolute atomic E-state index is 0.00964. The Balaban J connectivity index is 1.38. The number of nitrogens with one attached hydrogen (secondary N) is 2. The molecule has 0 atom stereocenters. The molecule has 0 radical (unpaired) electrons. The molecule has 3 heterocycles. The number of halogens is 3. The molecule has 5 rings (SSSR count). The van der Waals surface area contributed by atoms with Gasteiger partial charge in [0.15, 0.2) is 5.82 Å². The van der Waals surface area contributed by atoms with E-state index >= 15 is 0 Å². The molecule has 0 saturated heterocycles. The minimum atomic E-state index is -4.36. The van der Waals surface area contributed by atoms with Crippen molar-refractivity contribution in [2.24, 2.45) is 0 Å². The van der Waals surface area contributed by atoms with Crippen LogP contribution in [0, 0.1) is 0 Å². The van der Waals surface area contributed by atoms with Gasteiger partial charge in [-0.2, -0.15) is 23.3 Å². The van der Waals surface area contributed by atoms with Gasteiger partial charge in [-0.1, -0.05) is 12.1 Å². The van der Waals surface area contributed by atoms with E-state index in [4.69, 9.17) is 0 Å². The first kappa shape index (κ1) is 19.2. The van der Waals surface area contributed by atoms with E-state index in [9.17, 15) is 13.2 Å². The van der Waals surface area contributed by atoms with Crippen LogP contribution in [0.15, 0.2) is 55.2 Å². The lowest BCUT2D eigenvalue weighted by Crippen LogP contribution is -2.39. The van der Waals surface area contributed by atoms with Crippen molar-refractivity contribution in [3.63, 3.8) is 0 Å². The molecule has 0 aliphatic heterocycles. The van der Waals surface area contributed by atoms with Crippen molar-refractivity contribution in [1.29, 1.82) is 0 Å². The molecule has 3 aromatic heterocycles. The fraction of sp³-hybridized carbons (Fsp3) is 0.250. The lowest BCUT2D eigenvalue weighted by atomic mass is 10.2. The molecule has 0 amide bonds. The van der Waals surface area contributed by atoms with Crippen LogP contribution in [-0.4, -0.2) is 41.4 Å². The van der Waals surface area contributed by atoms with Crippen LogP contribution in [0.5, 0.6) is 0 Å². The van der Waals surface area contributed by atoms with Crippen LogP contribution in [0.1, 0.15) is 18.4 Å². The third-order valence-electron chi connectivity index (χ3n) is 5.18. The molecule has 1 aromatic carbocycles. The zero-order valence-electron chi connectivity index (χ0n) is 16.1. The topological polar surface area (TPSA) is 93.4 Å². The molecule has 1 aliphatic rings. The second kappa shape index (κ2) is 7.18. The number of pyridine rings is 1. The van der Waals surface area contributed by atoms with Crippen molar-refractivity contribution in [1.82, 2.24) is 29.7 Å². The highest BCUT2D eigenvalue weighted by Crippen LogP contribution is 2.51. The Morgan fingerprint density at radius 1 is 1.06 bits per heavy atom. The summed E-state index contributed by atoms with van der Waals surface area (Å²) in [6.45, 7) is 0.396. The monoisotopic (exact) mass is 426 g/mol. The van der Waals surface area contributed by atoms with E-state index in [-0.39, 0.29) is 24.6 Å². The summed E-state index contributed by atoms with van der Waals surface area (Å²) in [5, 5.41) is 9.74. The van der Waals surface area contributed by atoms with E-state index in [1.54, 1.807) is 23.1 Å². The summed E-state index contributed by atoms with van der Waals surface area (Å²) in [6.07, 6.45) is 0.224. The van der Waals surface area contributed by atoms with Crippen LogP contribution < -0.4 is 10.6 Å². The average Bonchev–Trinajstić information content (AvgIpc) is 3.36. The van der Waals surface area contributed by atoms with Gasteiger partial charge < -0.3 is 10.6 Å². The molecule has 2 N–H and O–H groups in total. The molecule has 31 heavy (non-hydrogen) atoms. The zero-order valence-corrected chi connectivity index (χ0v) is 16.1. The highest BCUT2D eigenvalue weighted by molar-refractivity contribution is 5.86. The third kappa shape index (κ3) is 3.74. The first-order valence-electron chi connectivity index (χ1n) is 9.59. The Labute approximate surface area is 174 Å². The summed E-state index contributed by atoms with van der Waals surface area (Å²) in [5.74, 6) is 0.297. The predicted octanol–water partition coefficient (Wildman–Crippen LogP) is 3.72. The van der Waals surface area contributed by atoms with Crippen LogP contribution in [0.2, 0.25) is 0 Å². The second-order valence-electron chi connectivity index (χ2n) is 7.33. The van der Waals surface area contributed by atoms with Gasteiger partial charge in [0.05, 0.1) is 11.2 Å². The van der Waals surface area contributed by atoms with E-state index in [0.717, 1.165) is 11.3 Å². The van der Waals surface area contributed by atoms with Crippen LogP contribution in [-0.2, 0) is 6.54 Å². The van der Waals surface area contributed by atoms with Crippen molar-refractivity contribution in [2.45, 2.75) is 31.1 Å². The van der Waals surface area contributed by atoms with Gasteiger partial charge in [-0.25, -0.2) is 14.6 Å². The normalized spacial score (nSPS) is 15.1. The van der Waals surface area contributed by atoms with Crippen LogP contribution in [0.25, 0.3) is 16.7 Å². The molecule has 0 bridgehead atoms. The van der Waals surface area contributed by atoms with Crippen LogP contribution in [0.3, 0.4) is 0 Å². The maximum Gasteiger partial charge on any atom is 0.411 e. The number of aromatic nitrogens is 6. The summed E-state index contributed by atoms with van der Waals surface area (Å²) in [6, 6.07) is 11.0. The number of rotatable bonds is 6. The zero-order chi connectivity index (χ0) is 21.5. The van der Waals surface area contributed by atoms with Gasteiger partial charge in [0.1, 0.15) is 23.7 Å². The molecule has 1 aliphatic carbocycles. The molecule has 158 valence electrons. The molecule has 4 aromatic rings. The largest absolute Gasteiger partial charge is 0.411 e. The average molecular weight is 426 g/mol. The number of nitrogens with zero attached hydrogens (tertiary/aromatic N) is 6. The van der Waals surface area contributed by atoms with E-state index in [1.807, 2.05) is 24.3 Å². The van der Waals surface area contributed by atoms with E-state index in [2.05, 4.69) is 35.7 Å². The minimum Gasteiger partial charge on any atom is -0.354 e. The standard InChI is InChI=1S/C20H17F3N8/c21-20(22,23)19(7-8-19)30-17-16-15(2-1-9-25-16)28-18(29-17)26-10-13-3-5-14(6-4-13)31-12-24-11-27-31/h1-6,9,11-12H,7-8,10H2,(H2,26,28,29,30). The summed E-state index contributed by atoms with van der Waals surface area (Å²) < 4.78 is 41.9. The van der Waals surface area contributed by atoms with Gasteiger partial charge in [-0.05, 0) is 42.7 Å². The SMILES string of the molecule is FC(F)(F)C1(Nc2nc(NCc3ccc(-n4cncn4)cc3)nc3cccnc23)CC1. The quantitative estimate of drug-likeness (QED) is 0.485. The first-order valence-corrected chi connectivity index (χ1v) is 9.59. The van der Waals surface area contributed by atoms with Gasteiger partial charge in [0.2, 0.25) is 5.95 Å². The van der Waals surface area contributed by atoms with Gasteiger partial charge >= 0.3 is 6.18 Å².